The molecule has 0 saturated heterocycles. The summed E-state index contributed by atoms with van der Waals surface area (Å²) in [5, 5.41) is 0. The molecule has 0 aliphatic rings. The second kappa shape index (κ2) is 5.87. The summed E-state index contributed by atoms with van der Waals surface area (Å²) in [5.41, 5.74) is 3.32. The third-order valence-corrected chi connectivity index (χ3v) is 3.19. The predicted molar refractivity (Wildman–Crippen MR) is 72.9 cm³/mol. The van der Waals surface area contributed by atoms with Crippen molar-refractivity contribution in [2.75, 3.05) is 7.11 Å². The predicted octanol–water partition coefficient (Wildman–Crippen LogP) is 2.68. The van der Waals surface area contributed by atoms with Gasteiger partial charge in [-0.3, -0.25) is 9.59 Å². The minimum Gasteiger partial charge on any atom is -0.496 e. The highest BCUT2D eigenvalue weighted by atomic mass is 16.5. The first-order valence-corrected chi connectivity index (χ1v) is 6.14. The lowest BCUT2D eigenvalue weighted by molar-refractivity contribution is -0.132. The maximum atomic E-state index is 11.4. The Morgan fingerprint density at radius 1 is 0.947 bits per heavy atom. The van der Waals surface area contributed by atoms with Crippen molar-refractivity contribution < 1.29 is 19.1 Å². The highest BCUT2D eigenvalue weighted by Crippen LogP contribution is 2.38. The zero-order valence-corrected chi connectivity index (χ0v) is 12.3. The number of esters is 1. The van der Waals surface area contributed by atoms with Gasteiger partial charge in [-0.1, -0.05) is 0 Å². The second-order valence-electron chi connectivity index (χ2n) is 4.69. The molecule has 4 heteroatoms. The molecule has 4 nitrogen and oxygen atoms in total. The van der Waals surface area contributed by atoms with E-state index in [0.717, 1.165) is 28.0 Å². The van der Waals surface area contributed by atoms with Gasteiger partial charge in [-0.15, -0.1) is 0 Å². The Morgan fingerprint density at radius 2 is 1.47 bits per heavy atom. The number of Topliss-reactive ketones (excluding diaryl/α,β-unsaturated/α-hetero) is 1. The second-order valence-corrected chi connectivity index (χ2v) is 4.69. The topological polar surface area (TPSA) is 52.6 Å². The van der Waals surface area contributed by atoms with Crippen LogP contribution in [0.15, 0.2) is 0 Å². The van der Waals surface area contributed by atoms with Crippen LogP contribution < -0.4 is 9.47 Å². The molecule has 0 atom stereocenters. The highest BCUT2D eigenvalue weighted by Gasteiger charge is 2.21. The van der Waals surface area contributed by atoms with Crippen molar-refractivity contribution in [2.24, 2.45) is 0 Å². The van der Waals surface area contributed by atoms with Crippen molar-refractivity contribution in [3.63, 3.8) is 0 Å². The SMILES string of the molecule is COc1c(C)c(C)c(OC(C)=O)c(CC(C)=O)c1C. The minimum atomic E-state index is -0.392. The summed E-state index contributed by atoms with van der Waals surface area (Å²) in [6.45, 7) is 8.51. The minimum absolute atomic E-state index is 0.0156. The summed E-state index contributed by atoms with van der Waals surface area (Å²) in [6, 6.07) is 0. The zero-order valence-electron chi connectivity index (χ0n) is 12.3. The number of benzene rings is 1. The van der Waals surface area contributed by atoms with Crippen LogP contribution in [-0.4, -0.2) is 18.9 Å². The fourth-order valence-electron chi connectivity index (χ4n) is 2.21. The van der Waals surface area contributed by atoms with Crippen molar-refractivity contribution >= 4 is 11.8 Å². The Balaban J connectivity index is 3.57. The molecule has 19 heavy (non-hydrogen) atoms. The monoisotopic (exact) mass is 264 g/mol. The number of carbonyl (C=O) groups is 2. The van der Waals surface area contributed by atoms with Gasteiger partial charge < -0.3 is 9.47 Å². The average Bonchev–Trinajstić information content (AvgIpc) is 2.31. The van der Waals surface area contributed by atoms with Gasteiger partial charge in [0.15, 0.2) is 0 Å². The number of hydrogen-bond donors (Lipinski definition) is 0. The molecule has 0 amide bonds. The molecule has 0 aliphatic heterocycles. The summed E-state index contributed by atoms with van der Waals surface area (Å²) < 4.78 is 10.7. The first kappa shape index (κ1) is 15.2. The Kier molecular flexibility index (Phi) is 4.70. The summed E-state index contributed by atoms with van der Waals surface area (Å²) in [5.74, 6) is 0.849. The fourth-order valence-corrected chi connectivity index (χ4v) is 2.21. The summed E-state index contributed by atoms with van der Waals surface area (Å²) in [6.07, 6.45) is 0.228. The molecule has 0 aliphatic carbocycles. The van der Waals surface area contributed by atoms with E-state index in [-0.39, 0.29) is 12.2 Å². The highest BCUT2D eigenvalue weighted by molar-refractivity contribution is 5.81. The molecule has 104 valence electrons. The van der Waals surface area contributed by atoms with E-state index in [9.17, 15) is 9.59 Å². The standard InChI is InChI=1S/C15H20O4/c1-8(16)7-13-11(4)14(18-6)9(2)10(3)15(13)19-12(5)17/h7H2,1-6H3. The van der Waals surface area contributed by atoms with Gasteiger partial charge >= 0.3 is 5.97 Å². The lowest BCUT2D eigenvalue weighted by Crippen LogP contribution is -2.11. The number of methoxy groups -OCH3 is 1. The van der Waals surface area contributed by atoms with E-state index in [1.54, 1.807) is 7.11 Å². The van der Waals surface area contributed by atoms with Crippen molar-refractivity contribution in [3.8, 4) is 11.5 Å². The van der Waals surface area contributed by atoms with Crippen molar-refractivity contribution in [2.45, 2.75) is 41.0 Å². The van der Waals surface area contributed by atoms with Crippen LogP contribution in [-0.2, 0) is 16.0 Å². The molecule has 0 fully saturated rings. The van der Waals surface area contributed by atoms with Gasteiger partial charge in [-0.05, 0) is 44.4 Å². The van der Waals surface area contributed by atoms with Crippen LogP contribution in [0.2, 0.25) is 0 Å². The normalized spacial score (nSPS) is 10.2. The summed E-state index contributed by atoms with van der Waals surface area (Å²) in [4.78, 5) is 22.7. The maximum absolute atomic E-state index is 11.4. The smallest absolute Gasteiger partial charge is 0.308 e. The number of hydrogen-bond acceptors (Lipinski definition) is 4. The Bertz CT molecular complexity index is 530. The van der Waals surface area contributed by atoms with Gasteiger partial charge in [0.25, 0.3) is 0 Å². The molecular weight excluding hydrogens is 244 g/mol. The van der Waals surface area contributed by atoms with Gasteiger partial charge in [-0.25, -0.2) is 0 Å². The van der Waals surface area contributed by atoms with Crippen LogP contribution in [0, 0.1) is 20.8 Å². The Hall–Kier alpha value is -1.84. The van der Waals surface area contributed by atoms with Crippen molar-refractivity contribution in [1.82, 2.24) is 0 Å². The largest absolute Gasteiger partial charge is 0.496 e. The lowest BCUT2D eigenvalue weighted by Gasteiger charge is -2.20. The quantitative estimate of drug-likeness (QED) is 0.619. The molecule has 0 heterocycles. The van der Waals surface area contributed by atoms with Crippen molar-refractivity contribution in [1.29, 1.82) is 0 Å². The molecule has 1 aromatic carbocycles. The molecule has 1 rings (SSSR count). The molecule has 0 radical (unpaired) electrons. The first-order valence-electron chi connectivity index (χ1n) is 6.14. The van der Waals surface area contributed by atoms with Gasteiger partial charge in [-0.2, -0.15) is 0 Å². The van der Waals surface area contributed by atoms with Gasteiger partial charge in [0.2, 0.25) is 0 Å². The summed E-state index contributed by atoms with van der Waals surface area (Å²) in [7, 11) is 1.60. The van der Waals surface area contributed by atoms with Crippen LogP contribution in [0.5, 0.6) is 11.5 Å². The summed E-state index contributed by atoms with van der Waals surface area (Å²) >= 11 is 0. The molecule has 0 spiro atoms. The molecule has 0 saturated carbocycles. The van der Waals surface area contributed by atoms with E-state index >= 15 is 0 Å². The average molecular weight is 264 g/mol. The maximum Gasteiger partial charge on any atom is 0.308 e. The van der Waals surface area contributed by atoms with Crippen molar-refractivity contribution in [3.05, 3.63) is 22.3 Å². The van der Waals surface area contributed by atoms with E-state index in [1.165, 1.54) is 13.8 Å². The lowest BCUT2D eigenvalue weighted by atomic mass is 9.94. The number of rotatable bonds is 4. The number of carbonyl (C=O) groups excluding carboxylic acids is 2. The number of ketones is 1. The zero-order chi connectivity index (χ0) is 14.7. The van der Waals surface area contributed by atoms with E-state index in [0.29, 0.717) is 5.75 Å². The molecule has 0 N–H and O–H groups in total. The third-order valence-electron chi connectivity index (χ3n) is 3.19. The van der Waals surface area contributed by atoms with E-state index in [2.05, 4.69) is 0 Å². The molecular formula is C15H20O4. The first-order chi connectivity index (χ1) is 8.79. The van der Waals surface area contributed by atoms with E-state index in [1.807, 2.05) is 20.8 Å². The van der Waals surface area contributed by atoms with Crippen LogP contribution >= 0.6 is 0 Å². The molecule has 0 aromatic heterocycles. The molecule has 0 unspecified atom stereocenters. The third kappa shape index (κ3) is 3.13. The van der Waals surface area contributed by atoms with Crippen LogP contribution in [0.3, 0.4) is 0 Å². The Morgan fingerprint density at radius 3 is 1.89 bits per heavy atom. The van der Waals surface area contributed by atoms with Gasteiger partial charge in [0, 0.05) is 18.9 Å². The fraction of sp³-hybridized carbons (Fsp3) is 0.467. The van der Waals surface area contributed by atoms with Gasteiger partial charge in [0.1, 0.15) is 17.3 Å². The van der Waals surface area contributed by atoms with E-state index < -0.39 is 5.97 Å². The number of ether oxygens (including phenoxy) is 2. The molecule has 1 aromatic rings. The van der Waals surface area contributed by atoms with Crippen LogP contribution in [0.25, 0.3) is 0 Å². The molecule has 0 bridgehead atoms. The van der Waals surface area contributed by atoms with Crippen LogP contribution in [0.1, 0.15) is 36.1 Å². The van der Waals surface area contributed by atoms with Crippen LogP contribution in [0.4, 0.5) is 0 Å². The van der Waals surface area contributed by atoms with Gasteiger partial charge in [0.05, 0.1) is 7.11 Å². The van der Waals surface area contributed by atoms with E-state index in [4.69, 9.17) is 9.47 Å². The Labute approximate surface area is 113 Å².